The Hall–Kier alpha value is -1.42. The third-order valence-corrected chi connectivity index (χ3v) is 4.64. The summed E-state index contributed by atoms with van der Waals surface area (Å²) in [5.41, 5.74) is 9.19. The second-order valence-corrected chi connectivity index (χ2v) is 6.30. The minimum Gasteiger partial charge on any atom is -0.330 e. The number of hydrogen-bond acceptors (Lipinski definition) is 2. The minimum absolute atomic E-state index is 0. The highest BCUT2D eigenvalue weighted by molar-refractivity contribution is 5.85. The maximum absolute atomic E-state index is 14.0. The first kappa shape index (κ1) is 17.9. The lowest BCUT2D eigenvalue weighted by Gasteiger charge is -2.17. The second kappa shape index (κ2) is 7.91. The van der Waals surface area contributed by atoms with Crippen LogP contribution in [0.5, 0.6) is 0 Å². The van der Waals surface area contributed by atoms with Gasteiger partial charge in [-0.15, -0.1) is 12.4 Å². The first-order chi connectivity index (χ1) is 10.7. The Bertz CT molecular complexity index is 633. The number of nitrogens with zero attached hydrogens (tertiary/aromatic N) is 1. The summed E-state index contributed by atoms with van der Waals surface area (Å²) >= 11 is 0. The van der Waals surface area contributed by atoms with Gasteiger partial charge in [0.15, 0.2) is 0 Å². The molecule has 0 bridgehead atoms. The van der Waals surface area contributed by atoms with Crippen LogP contribution in [0.25, 0.3) is 0 Å². The summed E-state index contributed by atoms with van der Waals surface area (Å²) in [5.74, 6) is 0.771. The zero-order valence-electron chi connectivity index (χ0n) is 13.4. The fraction of sp³-hybridized carbons (Fsp3) is 0.368. The van der Waals surface area contributed by atoms with E-state index in [-0.39, 0.29) is 18.2 Å². The van der Waals surface area contributed by atoms with Crippen molar-refractivity contribution in [3.8, 4) is 0 Å². The van der Waals surface area contributed by atoms with E-state index in [1.165, 1.54) is 5.56 Å². The molecule has 2 N–H and O–H groups in total. The Balaban J connectivity index is 0.00000192. The molecule has 1 fully saturated rings. The summed E-state index contributed by atoms with van der Waals surface area (Å²) in [6.45, 7) is 5.21. The average molecular weight is 335 g/mol. The van der Waals surface area contributed by atoms with Crippen LogP contribution >= 0.6 is 12.4 Å². The number of likely N-dealkylation sites (tertiary alicyclic amines) is 1. The number of aryl methyl sites for hydroxylation is 1. The quantitative estimate of drug-likeness (QED) is 0.923. The molecule has 4 heteroatoms. The van der Waals surface area contributed by atoms with Crippen LogP contribution in [0.15, 0.2) is 48.5 Å². The molecule has 2 aromatic carbocycles. The molecule has 124 valence electrons. The van der Waals surface area contributed by atoms with Crippen molar-refractivity contribution in [2.45, 2.75) is 19.4 Å². The molecule has 0 aliphatic carbocycles. The lowest BCUT2D eigenvalue weighted by Crippen LogP contribution is -2.23. The summed E-state index contributed by atoms with van der Waals surface area (Å²) in [4.78, 5) is 2.33. The number of benzene rings is 2. The van der Waals surface area contributed by atoms with Gasteiger partial charge in [0.2, 0.25) is 0 Å². The Kier molecular flexibility index (Phi) is 6.17. The molecule has 0 spiro atoms. The molecule has 1 aliphatic heterocycles. The lowest BCUT2D eigenvalue weighted by molar-refractivity contribution is 0.311. The van der Waals surface area contributed by atoms with E-state index >= 15 is 0 Å². The van der Waals surface area contributed by atoms with Gasteiger partial charge in [0.25, 0.3) is 0 Å². The molecule has 23 heavy (non-hydrogen) atoms. The first-order valence-electron chi connectivity index (χ1n) is 7.89. The minimum atomic E-state index is -0.113. The molecule has 1 saturated heterocycles. The molecule has 0 aromatic heterocycles. The van der Waals surface area contributed by atoms with Crippen molar-refractivity contribution < 1.29 is 4.39 Å². The molecule has 1 heterocycles. The smallest absolute Gasteiger partial charge is 0.127 e. The summed E-state index contributed by atoms with van der Waals surface area (Å²) < 4.78 is 14.0. The SMILES string of the molecule is Cc1ccc(F)c(CN2C[C@@H](CN)[C@H](c3ccccc3)C2)c1.Cl. The molecule has 0 radical (unpaired) electrons. The highest BCUT2D eigenvalue weighted by atomic mass is 35.5. The van der Waals surface area contributed by atoms with E-state index < -0.39 is 0 Å². The van der Waals surface area contributed by atoms with Crippen LogP contribution in [-0.2, 0) is 6.54 Å². The van der Waals surface area contributed by atoms with Gasteiger partial charge in [-0.05, 0) is 31.0 Å². The van der Waals surface area contributed by atoms with E-state index in [9.17, 15) is 4.39 Å². The molecule has 0 saturated carbocycles. The van der Waals surface area contributed by atoms with Crippen molar-refractivity contribution in [3.63, 3.8) is 0 Å². The molecule has 2 nitrogen and oxygen atoms in total. The molecular formula is C19H24ClFN2. The van der Waals surface area contributed by atoms with Gasteiger partial charge in [0, 0.05) is 31.1 Å². The number of nitrogens with two attached hydrogens (primary N) is 1. The van der Waals surface area contributed by atoms with Gasteiger partial charge in [0.05, 0.1) is 0 Å². The van der Waals surface area contributed by atoms with Crippen molar-refractivity contribution >= 4 is 12.4 Å². The third kappa shape index (κ3) is 4.11. The predicted molar refractivity (Wildman–Crippen MR) is 95.4 cm³/mol. The Morgan fingerprint density at radius 1 is 1.13 bits per heavy atom. The fourth-order valence-corrected chi connectivity index (χ4v) is 3.47. The Labute approximate surface area is 143 Å². The van der Waals surface area contributed by atoms with E-state index in [2.05, 4.69) is 29.2 Å². The van der Waals surface area contributed by atoms with Crippen molar-refractivity contribution in [1.82, 2.24) is 4.90 Å². The van der Waals surface area contributed by atoms with Gasteiger partial charge < -0.3 is 5.73 Å². The van der Waals surface area contributed by atoms with Gasteiger partial charge in [-0.25, -0.2) is 4.39 Å². The van der Waals surface area contributed by atoms with Crippen LogP contribution in [-0.4, -0.2) is 24.5 Å². The van der Waals surface area contributed by atoms with Crippen LogP contribution in [0.2, 0.25) is 0 Å². The maximum Gasteiger partial charge on any atom is 0.127 e. The number of hydrogen-bond donors (Lipinski definition) is 1. The number of rotatable bonds is 4. The molecule has 0 unspecified atom stereocenters. The molecular weight excluding hydrogens is 311 g/mol. The molecule has 2 atom stereocenters. The highest BCUT2D eigenvalue weighted by Gasteiger charge is 2.32. The van der Waals surface area contributed by atoms with Crippen LogP contribution < -0.4 is 5.73 Å². The molecule has 2 aromatic rings. The van der Waals surface area contributed by atoms with Crippen molar-refractivity contribution in [1.29, 1.82) is 0 Å². The van der Waals surface area contributed by atoms with E-state index in [1.54, 1.807) is 6.07 Å². The van der Waals surface area contributed by atoms with E-state index in [0.29, 0.717) is 24.9 Å². The van der Waals surface area contributed by atoms with Crippen LogP contribution in [0.4, 0.5) is 4.39 Å². The Morgan fingerprint density at radius 3 is 2.57 bits per heavy atom. The van der Waals surface area contributed by atoms with Gasteiger partial charge in [0.1, 0.15) is 5.82 Å². The van der Waals surface area contributed by atoms with Crippen LogP contribution in [0.1, 0.15) is 22.6 Å². The van der Waals surface area contributed by atoms with Crippen molar-refractivity contribution in [3.05, 3.63) is 71.0 Å². The van der Waals surface area contributed by atoms with Gasteiger partial charge in [-0.3, -0.25) is 4.90 Å². The zero-order chi connectivity index (χ0) is 15.5. The average Bonchev–Trinajstić information content (AvgIpc) is 2.95. The zero-order valence-corrected chi connectivity index (χ0v) is 14.2. The standard InChI is InChI=1S/C19H23FN2.ClH/c1-14-7-8-19(20)16(9-14)11-22-12-17(10-21)18(13-22)15-5-3-2-4-6-15;/h2-9,17-18H,10-13,21H2,1H3;1H/t17-,18+;/m1./s1. The topological polar surface area (TPSA) is 29.3 Å². The Morgan fingerprint density at radius 2 is 1.87 bits per heavy atom. The van der Waals surface area contributed by atoms with Crippen LogP contribution in [0.3, 0.4) is 0 Å². The summed E-state index contributed by atoms with van der Waals surface area (Å²) in [5, 5.41) is 0. The van der Waals surface area contributed by atoms with E-state index in [0.717, 1.165) is 24.2 Å². The van der Waals surface area contributed by atoms with E-state index in [4.69, 9.17) is 5.73 Å². The fourth-order valence-electron chi connectivity index (χ4n) is 3.47. The predicted octanol–water partition coefficient (Wildman–Crippen LogP) is 3.73. The largest absolute Gasteiger partial charge is 0.330 e. The highest BCUT2D eigenvalue weighted by Crippen LogP contribution is 2.33. The normalized spacial score (nSPS) is 21.2. The van der Waals surface area contributed by atoms with Gasteiger partial charge in [-0.2, -0.15) is 0 Å². The summed E-state index contributed by atoms with van der Waals surface area (Å²) in [6.07, 6.45) is 0. The molecule has 0 amide bonds. The molecule has 3 rings (SSSR count). The maximum atomic E-state index is 14.0. The summed E-state index contributed by atoms with van der Waals surface area (Å²) in [6, 6.07) is 15.9. The third-order valence-electron chi connectivity index (χ3n) is 4.64. The van der Waals surface area contributed by atoms with Crippen molar-refractivity contribution in [2.75, 3.05) is 19.6 Å². The monoisotopic (exact) mass is 334 g/mol. The van der Waals surface area contributed by atoms with Gasteiger partial charge in [-0.1, -0.05) is 48.0 Å². The lowest BCUT2D eigenvalue weighted by atomic mass is 9.89. The number of halogens is 2. The molecule has 1 aliphatic rings. The van der Waals surface area contributed by atoms with E-state index in [1.807, 2.05) is 25.1 Å². The van der Waals surface area contributed by atoms with Gasteiger partial charge >= 0.3 is 0 Å². The van der Waals surface area contributed by atoms with Crippen molar-refractivity contribution in [2.24, 2.45) is 11.7 Å². The second-order valence-electron chi connectivity index (χ2n) is 6.30. The first-order valence-corrected chi connectivity index (χ1v) is 7.89. The van der Waals surface area contributed by atoms with Crippen LogP contribution in [0, 0.1) is 18.7 Å². The summed E-state index contributed by atoms with van der Waals surface area (Å²) in [7, 11) is 0.